The minimum atomic E-state index is -0.722. The summed E-state index contributed by atoms with van der Waals surface area (Å²) in [5.41, 5.74) is 3.50. The van der Waals surface area contributed by atoms with Crippen molar-refractivity contribution >= 4 is 23.1 Å². The molecule has 0 fully saturated rings. The molecule has 1 heterocycles. The Balaban J connectivity index is 1.71. The van der Waals surface area contributed by atoms with Crippen molar-refractivity contribution < 1.29 is 19.4 Å². The van der Waals surface area contributed by atoms with Crippen LogP contribution < -0.4 is 14.5 Å². The molecule has 35 heavy (non-hydrogen) atoms. The van der Waals surface area contributed by atoms with Crippen molar-refractivity contribution in [3.8, 4) is 5.75 Å². The van der Waals surface area contributed by atoms with Crippen molar-refractivity contribution in [3.63, 3.8) is 0 Å². The van der Waals surface area contributed by atoms with Gasteiger partial charge in [0.2, 0.25) is 0 Å². The molecule has 180 valence electrons. The Morgan fingerprint density at radius 3 is 2.23 bits per heavy atom. The fourth-order valence-corrected chi connectivity index (χ4v) is 4.33. The van der Waals surface area contributed by atoms with Crippen LogP contribution in [0.5, 0.6) is 5.75 Å². The van der Waals surface area contributed by atoms with E-state index >= 15 is 0 Å². The molecule has 3 aromatic rings. The number of amides is 1. The number of ketones is 1. The van der Waals surface area contributed by atoms with E-state index in [0.29, 0.717) is 24.5 Å². The van der Waals surface area contributed by atoms with E-state index in [-0.39, 0.29) is 17.8 Å². The molecular formula is C29H30N2O4. The molecule has 3 aromatic carbocycles. The number of anilines is 2. The Morgan fingerprint density at radius 1 is 0.971 bits per heavy atom. The highest BCUT2D eigenvalue weighted by atomic mass is 16.5. The molecule has 6 heteroatoms. The number of ether oxygens (including phenoxy) is 1. The quantitative estimate of drug-likeness (QED) is 0.462. The first-order valence-electron chi connectivity index (χ1n) is 11.7. The molecule has 6 nitrogen and oxygen atoms in total. The van der Waals surface area contributed by atoms with Crippen LogP contribution in [0.25, 0.3) is 0 Å². The lowest BCUT2D eigenvalue weighted by Gasteiger charge is -2.27. The maximum atomic E-state index is 13.4. The lowest BCUT2D eigenvalue weighted by Crippen LogP contribution is -2.31. The average molecular weight is 471 g/mol. The summed E-state index contributed by atoms with van der Waals surface area (Å²) in [5.74, 6) is -0.626. The summed E-state index contributed by atoms with van der Waals surface area (Å²) in [6, 6.07) is 23.8. The van der Waals surface area contributed by atoms with Gasteiger partial charge in [0.1, 0.15) is 5.75 Å². The summed E-state index contributed by atoms with van der Waals surface area (Å²) in [5, 5.41) is 10.9. The molecule has 0 saturated carbocycles. The van der Waals surface area contributed by atoms with E-state index in [0.717, 1.165) is 16.8 Å². The molecule has 1 amide bonds. The minimum Gasteiger partial charge on any atom is -0.503 e. The Kier molecular flexibility index (Phi) is 7.20. The summed E-state index contributed by atoms with van der Waals surface area (Å²) in [4.78, 5) is 30.2. The number of aryl methyl sites for hydroxylation is 1. The lowest BCUT2D eigenvalue weighted by molar-refractivity contribution is -0.118. The van der Waals surface area contributed by atoms with E-state index in [1.807, 2.05) is 80.5 Å². The molecule has 1 N–H and O–H groups in total. The topological polar surface area (TPSA) is 70.1 Å². The largest absolute Gasteiger partial charge is 0.503 e. The first-order chi connectivity index (χ1) is 16.9. The summed E-state index contributed by atoms with van der Waals surface area (Å²) in [7, 11) is 3.90. The predicted octanol–water partition coefficient (Wildman–Crippen LogP) is 5.25. The number of carbonyl (C=O) groups is 2. The summed E-state index contributed by atoms with van der Waals surface area (Å²) in [6.45, 7) is 2.44. The average Bonchev–Trinajstić information content (AvgIpc) is 3.14. The third kappa shape index (κ3) is 5.06. The van der Waals surface area contributed by atoms with Crippen molar-refractivity contribution in [2.75, 3.05) is 30.5 Å². The highest BCUT2D eigenvalue weighted by Crippen LogP contribution is 2.42. The van der Waals surface area contributed by atoms with Crippen LogP contribution in [0.15, 0.2) is 90.2 Å². The van der Waals surface area contributed by atoms with Crippen molar-refractivity contribution in [1.82, 2.24) is 0 Å². The van der Waals surface area contributed by atoms with E-state index in [9.17, 15) is 14.7 Å². The molecule has 1 aliphatic rings. The number of aliphatic hydroxyl groups is 1. The molecular weight excluding hydrogens is 440 g/mol. The van der Waals surface area contributed by atoms with Gasteiger partial charge in [-0.15, -0.1) is 0 Å². The Morgan fingerprint density at radius 2 is 1.63 bits per heavy atom. The second kappa shape index (κ2) is 10.5. The first-order valence-corrected chi connectivity index (χ1v) is 11.7. The van der Waals surface area contributed by atoms with E-state index < -0.39 is 17.7 Å². The fourth-order valence-electron chi connectivity index (χ4n) is 4.33. The van der Waals surface area contributed by atoms with Crippen LogP contribution in [-0.2, 0) is 16.0 Å². The van der Waals surface area contributed by atoms with Gasteiger partial charge in [0.15, 0.2) is 11.5 Å². The standard InChI is InChI=1S/C29H30N2O4/c1-4-35-24-17-15-23(16-18-24)31-27(21-11-13-22(14-12-21)30(2)3)26(28(33)29(31)34)25(32)19-10-20-8-6-5-7-9-20/h5-9,11-18,27,33H,4,10,19H2,1-3H3. The van der Waals surface area contributed by atoms with E-state index in [1.165, 1.54) is 4.90 Å². The maximum Gasteiger partial charge on any atom is 0.294 e. The zero-order valence-corrected chi connectivity index (χ0v) is 20.3. The smallest absolute Gasteiger partial charge is 0.294 e. The van der Waals surface area contributed by atoms with Crippen molar-refractivity contribution in [2.24, 2.45) is 0 Å². The fraction of sp³-hybridized carbons (Fsp3) is 0.241. The molecule has 0 saturated heterocycles. The molecule has 1 atom stereocenters. The van der Waals surface area contributed by atoms with Crippen molar-refractivity contribution in [2.45, 2.75) is 25.8 Å². The van der Waals surface area contributed by atoms with Crippen LogP contribution in [0.3, 0.4) is 0 Å². The van der Waals surface area contributed by atoms with E-state index in [4.69, 9.17) is 4.74 Å². The van der Waals surface area contributed by atoms with Gasteiger partial charge in [0.25, 0.3) is 5.91 Å². The number of hydrogen-bond acceptors (Lipinski definition) is 5. The predicted molar refractivity (Wildman–Crippen MR) is 138 cm³/mol. The van der Waals surface area contributed by atoms with E-state index in [1.54, 1.807) is 24.3 Å². The van der Waals surface area contributed by atoms with Gasteiger partial charge >= 0.3 is 0 Å². The van der Waals surface area contributed by atoms with Gasteiger partial charge in [0, 0.05) is 31.9 Å². The van der Waals surface area contributed by atoms with Gasteiger partial charge in [-0.25, -0.2) is 0 Å². The zero-order valence-electron chi connectivity index (χ0n) is 20.3. The Labute approximate surface area is 206 Å². The molecule has 1 unspecified atom stereocenters. The van der Waals surface area contributed by atoms with Crippen LogP contribution in [0, 0.1) is 0 Å². The molecule has 1 aliphatic heterocycles. The number of Topliss-reactive ketones (excluding diaryl/α,β-unsaturated/α-hetero) is 1. The SMILES string of the molecule is CCOc1ccc(N2C(=O)C(O)=C(C(=O)CCc3ccccc3)C2c2ccc(N(C)C)cc2)cc1. The number of aliphatic hydroxyl groups excluding tert-OH is 1. The van der Waals surface area contributed by atoms with Crippen molar-refractivity contribution in [1.29, 1.82) is 0 Å². The monoisotopic (exact) mass is 470 g/mol. The molecule has 0 aromatic heterocycles. The lowest BCUT2D eigenvalue weighted by atomic mass is 9.93. The van der Waals surface area contributed by atoms with Crippen LogP contribution in [0.2, 0.25) is 0 Å². The second-order valence-corrected chi connectivity index (χ2v) is 8.66. The number of hydrogen-bond donors (Lipinski definition) is 1. The highest BCUT2D eigenvalue weighted by Gasteiger charge is 2.44. The highest BCUT2D eigenvalue weighted by molar-refractivity contribution is 6.16. The van der Waals surface area contributed by atoms with Gasteiger partial charge in [0.05, 0.1) is 18.2 Å². The minimum absolute atomic E-state index is 0.136. The number of nitrogens with zero attached hydrogens (tertiary/aromatic N) is 2. The van der Waals surface area contributed by atoms with Crippen LogP contribution in [0.1, 0.15) is 30.5 Å². The second-order valence-electron chi connectivity index (χ2n) is 8.66. The first kappa shape index (κ1) is 24.1. The maximum absolute atomic E-state index is 13.4. The summed E-state index contributed by atoms with van der Waals surface area (Å²) < 4.78 is 5.53. The van der Waals surface area contributed by atoms with Gasteiger partial charge in [-0.1, -0.05) is 42.5 Å². The molecule has 0 aliphatic carbocycles. The summed E-state index contributed by atoms with van der Waals surface area (Å²) >= 11 is 0. The summed E-state index contributed by atoms with van der Waals surface area (Å²) in [6.07, 6.45) is 0.722. The van der Waals surface area contributed by atoms with Gasteiger partial charge in [-0.3, -0.25) is 14.5 Å². The molecule has 0 radical (unpaired) electrons. The van der Waals surface area contributed by atoms with Crippen LogP contribution in [-0.4, -0.2) is 37.5 Å². The molecule has 0 bridgehead atoms. The zero-order chi connectivity index (χ0) is 24.9. The van der Waals surface area contributed by atoms with Gasteiger partial charge in [-0.2, -0.15) is 0 Å². The third-order valence-corrected chi connectivity index (χ3v) is 6.14. The number of benzene rings is 3. The Hall–Kier alpha value is -4.06. The van der Waals surface area contributed by atoms with Gasteiger partial charge in [-0.05, 0) is 60.9 Å². The van der Waals surface area contributed by atoms with Crippen LogP contribution in [0.4, 0.5) is 11.4 Å². The molecule has 4 rings (SSSR count). The van der Waals surface area contributed by atoms with Gasteiger partial charge < -0.3 is 14.7 Å². The van der Waals surface area contributed by atoms with Crippen molar-refractivity contribution in [3.05, 3.63) is 101 Å². The number of rotatable bonds is 9. The normalized spacial score (nSPS) is 15.5. The third-order valence-electron chi connectivity index (χ3n) is 6.14. The number of carbonyl (C=O) groups excluding carboxylic acids is 2. The van der Waals surface area contributed by atoms with E-state index in [2.05, 4.69) is 0 Å². The molecule has 0 spiro atoms. The Bertz CT molecular complexity index is 1220. The van der Waals surface area contributed by atoms with Crippen LogP contribution >= 0.6 is 0 Å².